The van der Waals surface area contributed by atoms with Gasteiger partial charge in [-0.2, -0.15) is 5.26 Å². The normalized spacial score (nSPS) is 16.7. The van der Waals surface area contributed by atoms with Crippen LogP contribution >= 0.6 is 0 Å². The molecular formula is C13H16N2O. The van der Waals surface area contributed by atoms with E-state index < -0.39 is 0 Å². The fraction of sp³-hybridized carbons (Fsp3) is 0.462. The van der Waals surface area contributed by atoms with Gasteiger partial charge in [-0.15, -0.1) is 0 Å². The maximum Gasteiger partial charge on any atom is 0.0933 e. The Bertz CT molecular complexity index is 365. The first-order valence-corrected chi connectivity index (χ1v) is 5.60. The summed E-state index contributed by atoms with van der Waals surface area (Å²) < 4.78 is 0. The molecule has 0 aromatic heterocycles. The molecule has 0 heterocycles. The van der Waals surface area contributed by atoms with Gasteiger partial charge in [0.2, 0.25) is 0 Å². The van der Waals surface area contributed by atoms with Crippen molar-refractivity contribution in [2.24, 2.45) is 5.41 Å². The summed E-state index contributed by atoms with van der Waals surface area (Å²) in [6.45, 7) is 1.36. The van der Waals surface area contributed by atoms with E-state index in [1.807, 2.05) is 30.3 Å². The Morgan fingerprint density at radius 2 is 2.06 bits per heavy atom. The molecule has 1 aliphatic carbocycles. The van der Waals surface area contributed by atoms with E-state index in [-0.39, 0.29) is 5.41 Å². The van der Waals surface area contributed by atoms with Gasteiger partial charge >= 0.3 is 0 Å². The third-order valence-electron chi connectivity index (χ3n) is 3.04. The Labute approximate surface area is 96.0 Å². The zero-order valence-electron chi connectivity index (χ0n) is 9.28. The average molecular weight is 216 g/mol. The quantitative estimate of drug-likeness (QED) is 0.586. The summed E-state index contributed by atoms with van der Waals surface area (Å²) in [5.74, 6) is 0. The Morgan fingerprint density at radius 3 is 2.69 bits per heavy atom. The van der Waals surface area contributed by atoms with E-state index in [0.717, 1.165) is 24.9 Å². The SMILES string of the molecule is N#CCC1(CNOCc2ccccc2)CC1. The molecule has 3 heteroatoms. The molecule has 0 spiro atoms. The van der Waals surface area contributed by atoms with Crippen LogP contribution in [-0.4, -0.2) is 6.54 Å². The fourth-order valence-corrected chi connectivity index (χ4v) is 1.67. The first kappa shape index (κ1) is 11.1. The third kappa shape index (κ3) is 3.06. The number of nitrogens with one attached hydrogen (secondary N) is 1. The van der Waals surface area contributed by atoms with Crippen molar-refractivity contribution in [1.82, 2.24) is 5.48 Å². The van der Waals surface area contributed by atoms with E-state index in [0.29, 0.717) is 13.0 Å². The maximum absolute atomic E-state index is 8.66. The predicted octanol–water partition coefficient (Wildman–Crippen LogP) is 2.40. The summed E-state index contributed by atoms with van der Waals surface area (Å²) in [6.07, 6.45) is 2.92. The molecule has 0 atom stereocenters. The van der Waals surface area contributed by atoms with Crippen molar-refractivity contribution in [2.45, 2.75) is 25.9 Å². The monoisotopic (exact) mass is 216 g/mol. The Hall–Kier alpha value is -1.37. The number of nitrogens with zero attached hydrogens (tertiary/aromatic N) is 1. The molecule has 0 saturated heterocycles. The van der Waals surface area contributed by atoms with Crippen molar-refractivity contribution < 1.29 is 4.84 Å². The van der Waals surface area contributed by atoms with Crippen molar-refractivity contribution in [3.05, 3.63) is 35.9 Å². The Balaban J connectivity index is 1.65. The maximum atomic E-state index is 8.66. The van der Waals surface area contributed by atoms with Crippen molar-refractivity contribution >= 4 is 0 Å². The van der Waals surface area contributed by atoms with E-state index in [9.17, 15) is 0 Å². The number of hydroxylamine groups is 1. The Morgan fingerprint density at radius 1 is 1.31 bits per heavy atom. The van der Waals surface area contributed by atoms with E-state index >= 15 is 0 Å². The molecule has 0 bridgehead atoms. The summed E-state index contributed by atoms with van der Waals surface area (Å²) in [6, 6.07) is 12.3. The standard InChI is InChI=1S/C13H16N2O/c14-9-8-13(6-7-13)11-15-16-10-12-4-2-1-3-5-12/h1-5,15H,6-8,10-11H2. The van der Waals surface area contributed by atoms with Gasteiger partial charge in [0.1, 0.15) is 0 Å². The van der Waals surface area contributed by atoms with Crippen molar-refractivity contribution in [2.75, 3.05) is 6.54 Å². The van der Waals surface area contributed by atoms with Gasteiger partial charge in [0.15, 0.2) is 0 Å². The molecule has 1 aromatic carbocycles. The molecule has 84 valence electrons. The highest BCUT2D eigenvalue weighted by Crippen LogP contribution is 2.47. The van der Waals surface area contributed by atoms with Crippen LogP contribution in [0.1, 0.15) is 24.8 Å². The van der Waals surface area contributed by atoms with Gasteiger partial charge in [-0.05, 0) is 23.8 Å². The number of hydrogen-bond acceptors (Lipinski definition) is 3. The second-order valence-corrected chi connectivity index (χ2v) is 4.43. The highest BCUT2D eigenvalue weighted by Gasteiger charge is 2.42. The lowest BCUT2D eigenvalue weighted by atomic mass is 10.0. The lowest BCUT2D eigenvalue weighted by Crippen LogP contribution is -2.24. The van der Waals surface area contributed by atoms with Crippen LogP contribution in [0, 0.1) is 16.7 Å². The first-order valence-electron chi connectivity index (χ1n) is 5.60. The topological polar surface area (TPSA) is 45.0 Å². The zero-order chi connectivity index (χ0) is 11.3. The number of rotatable bonds is 6. The second-order valence-electron chi connectivity index (χ2n) is 4.43. The molecular weight excluding hydrogens is 200 g/mol. The molecule has 1 fully saturated rings. The molecule has 0 aliphatic heterocycles. The predicted molar refractivity (Wildman–Crippen MR) is 61.1 cm³/mol. The van der Waals surface area contributed by atoms with Crippen LogP contribution in [0.4, 0.5) is 0 Å². The number of benzene rings is 1. The molecule has 1 aromatic rings. The van der Waals surface area contributed by atoms with Gasteiger partial charge in [-0.25, -0.2) is 5.48 Å². The third-order valence-corrected chi connectivity index (χ3v) is 3.04. The minimum atomic E-state index is 0.200. The zero-order valence-corrected chi connectivity index (χ0v) is 9.28. The molecule has 0 unspecified atom stereocenters. The van der Waals surface area contributed by atoms with Gasteiger partial charge < -0.3 is 0 Å². The van der Waals surface area contributed by atoms with E-state index in [4.69, 9.17) is 10.1 Å². The average Bonchev–Trinajstić information content (AvgIpc) is 3.07. The van der Waals surface area contributed by atoms with Crippen LogP contribution in [0.3, 0.4) is 0 Å². The lowest BCUT2D eigenvalue weighted by Gasteiger charge is -2.12. The van der Waals surface area contributed by atoms with Crippen LogP contribution in [0.25, 0.3) is 0 Å². The minimum absolute atomic E-state index is 0.200. The summed E-state index contributed by atoms with van der Waals surface area (Å²) in [4.78, 5) is 5.38. The van der Waals surface area contributed by atoms with Crippen LogP contribution in [0.2, 0.25) is 0 Å². The molecule has 1 saturated carbocycles. The highest BCUT2D eigenvalue weighted by molar-refractivity contribution is 5.13. The minimum Gasteiger partial charge on any atom is -0.297 e. The Kier molecular flexibility index (Phi) is 3.55. The smallest absolute Gasteiger partial charge is 0.0933 e. The summed E-state index contributed by atoms with van der Waals surface area (Å²) >= 11 is 0. The number of nitriles is 1. The van der Waals surface area contributed by atoms with Crippen molar-refractivity contribution in [3.63, 3.8) is 0 Å². The fourth-order valence-electron chi connectivity index (χ4n) is 1.67. The molecule has 2 rings (SSSR count). The van der Waals surface area contributed by atoms with E-state index in [1.165, 1.54) is 0 Å². The van der Waals surface area contributed by atoms with Crippen LogP contribution < -0.4 is 5.48 Å². The van der Waals surface area contributed by atoms with Gasteiger partial charge in [-0.1, -0.05) is 30.3 Å². The van der Waals surface area contributed by atoms with Crippen molar-refractivity contribution in [1.29, 1.82) is 5.26 Å². The van der Waals surface area contributed by atoms with E-state index in [2.05, 4.69) is 11.5 Å². The van der Waals surface area contributed by atoms with Gasteiger partial charge in [0, 0.05) is 13.0 Å². The van der Waals surface area contributed by atoms with Gasteiger partial charge in [0.05, 0.1) is 12.7 Å². The van der Waals surface area contributed by atoms with E-state index in [1.54, 1.807) is 0 Å². The van der Waals surface area contributed by atoms with Crippen LogP contribution in [0.5, 0.6) is 0 Å². The van der Waals surface area contributed by atoms with Crippen LogP contribution in [0.15, 0.2) is 30.3 Å². The number of hydrogen-bond donors (Lipinski definition) is 1. The summed E-state index contributed by atoms with van der Waals surface area (Å²) in [7, 11) is 0. The second kappa shape index (κ2) is 5.11. The van der Waals surface area contributed by atoms with Gasteiger partial charge in [0.25, 0.3) is 0 Å². The largest absolute Gasteiger partial charge is 0.297 e. The molecule has 0 amide bonds. The molecule has 16 heavy (non-hydrogen) atoms. The highest BCUT2D eigenvalue weighted by atomic mass is 16.6. The van der Waals surface area contributed by atoms with Crippen molar-refractivity contribution in [3.8, 4) is 6.07 Å². The van der Waals surface area contributed by atoms with Gasteiger partial charge in [-0.3, -0.25) is 4.84 Å². The van der Waals surface area contributed by atoms with Crippen LogP contribution in [-0.2, 0) is 11.4 Å². The molecule has 0 radical (unpaired) electrons. The molecule has 1 aliphatic rings. The first-order chi connectivity index (χ1) is 7.85. The molecule has 3 nitrogen and oxygen atoms in total. The molecule has 1 N–H and O–H groups in total. The summed E-state index contributed by atoms with van der Waals surface area (Å²) in [5.41, 5.74) is 4.32. The summed E-state index contributed by atoms with van der Waals surface area (Å²) in [5, 5.41) is 8.66. The lowest BCUT2D eigenvalue weighted by molar-refractivity contribution is 0.0173.